The van der Waals surface area contributed by atoms with Crippen LogP contribution >= 0.6 is 0 Å². The highest BCUT2D eigenvalue weighted by Gasteiger charge is 2.42. The molecule has 8 heteroatoms. The van der Waals surface area contributed by atoms with Crippen LogP contribution in [0.3, 0.4) is 0 Å². The van der Waals surface area contributed by atoms with E-state index in [2.05, 4.69) is 102 Å². The Morgan fingerprint density at radius 1 is 0.709 bits per heavy atom. The normalized spacial score (nSPS) is 15.8. The second-order valence-electron chi connectivity index (χ2n) is 14.5. The van der Waals surface area contributed by atoms with E-state index in [4.69, 9.17) is 10.2 Å². The lowest BCUT2D eigenvalue weighted by atomic mass is 9.95. The molecule has 55 heavy (non-hydrogen) atoms. The minimum absolute atomic E-state index is 0.0582. The van der Waals surface area contributed by atoms with Gasteiger partial charge < -0.3 is 20.0 Å². The predicted molar refractivity (Wildman–Crippen MR) is 218 cm³/mol. The molecule has 8 nitrogen and oxygen atoms in total. The fourth-order valence-corrected chi connectivity index (χ4v) is 8.07. The Morgan fingerprint density at radius 3 is 1.85 bits per heavy atom. The predicted octanol–water partition coefficient (Wildman–Crippen LogP) is 10.1. The van der Waals surface area contributed by atoms with E-state index in [9.17, 15) is 19.6 Å². The maximum absolute atomic E-state index is 13.8. The van der Waals surface area contributed by atoms with Crippen LogP contribution in [0.1, 0.15) is 104 Å². The number of fused-ring (bicyclic) bond motifs is 3. The smallest absolute Gasteiger partial charge is 0.303 e. The first kappa shape index (κ1) is 38.8. The molecule has 0 saturated heterocycles. The molecule has 2 aliphatic rings. The van der Waals surface area contributed by atoms with E-state index in [1.165, 1.54) is 28.0 Å². The van der Waals surface area contributed by atoms with Crippen molar-refractivity contribution in [3.05, 3.63) is 137 Å². The van der Waals surface area contributed by atoms with Crippen molar-refractivity contribution in [1.29, 1.82) is 5.26 Å². The van der Waals surface area contributed by atoms with Crippen molar-refractivity contribution < 1.29 is 24.6 Å². The molecule has 4 aromatic carbocycles. The van der Waals surface area contributed by atoms with Crippen LogP contribution in [-0.2, 0) is 14.4 Å². The third-order valence-electron chi connectivity index (χ3n) is 10.8. The van der Waals surface area contributed by atoms with Crippen LogP contribution in [-0.4, -0.2) is 52.1 Å². The number of nitrogens with zero attached hydrogens (tertiary/aromatic N) is 3. The Labute approximate surface area is 324 Å². The summed E-state index contributed by atoms with van der Waals surface area (Å²) < 4.78 is 0. The first-order valence-electron chi connectivity index (χ1n) is 19.5. The molecule has 0 spiro atoms. The zero-order valence-corrected chi connectivity index (χ0v) is 31.3. The zero-order chi connectivity index (χ0) is 38.6. The van der Waals surface area contributed by atoms with Crippen LogP contribution in [0.4, 0.5) is 11.4 Å². The number of carboxylic acid groups (broad SMARTS) is 2. The van der Waals surface area contributed by atoms with Crippen molar-refractivity contribution in [1.82, 2.24) is 4.90 Å². The molecule has 1 aliphatic heterocycles. The number of rotatable bonds is 18. The summed E-state index contributed by atoms with van der Waals surface area (Å²) in [7, 11) is 0. The number of aliphatic carboxylic acids is 2. The molecular weight excluding hydrogens is 687 g/mol. The molecule has 0 aromatic heterocycles. The lowest BCUT2D eigenvalue weighted by Crippen LogP contribution is -2.34. The van der Waals surface area contributed by atoms with Gasteiger partial charge in [-0.2, -0.15) is 5.26 Å². The molecule has 2 atom stereocenters. The molecule has 1 amide bonds. The highest BCUT2D eigenvalue weighted by Crippen LogP contribution is 2.52. The molecule has 1 saturated carbocycles. The number of carbonyl (C=O) groups is 3. The third-order valence-corrected chi connectivity index (χ3v) is 10.8. The SMILES string of the molecule is N#C/C(=C\c1ccc2c(c1)C1CCCC1N2c1ccc(C=C(c2ccccc2)c2ccccc2)cc1)C(=O)N(CCCCCC(=O)O)CCCCCC(=O)O. The number of unbranched alkanes of at least 4 members (excludes halogenated alkanes) is 4. The van der Waals surface area contributed by atoms with E-state index in [1.54, 1.807) is 11.0 Å². The van der Waals surface area contributed by atoms with Gasteiger partial charge in [0.1, 0.15) is 11.6 Å². The van der Waals surface area contributed by atoms with Crippen molar-refractivity contribution >= 4 is 46.9 Å². The minimum atomic E-state index is -0.843. The maximum Gasteiger partial charge on any atom is 0.303 e. The molecule has 1 aliphatic carbocycles. The topological polar surface area (TPSA) is 122 Å². The number of benzene rings is 4. The standard InChI is InChI=1S/C47H49N3O5/c48-33-38(47(55)49(28-11-3-9-20-45(51)52)29-12-4-10-21-46(53)54)30-35-24-27-44-42(32-35)40-18-13-19-43(40)50(44)39-25-22-34(23-26-39)31-41(36-14-5-1-6-15-36)37-16-7-2-8-17-37/h1-2,5-8,14-17,22-27,30-32,40,43H,3-4,9-13,18-21,28-29H2,(H,51,52)(H,53,54)/b38-30+. The van der Waals surface area contributed by atoms with Crippen LogP contribution in [0.5, 0.6) is 0 Å². The summed E-state index contributed by atoms with van der Waals surface area (Å²) in [6, 6.07) is 38.5. The molecule has 0 bridgehead atoms. The Morgan fingerprint density at radius 2 is 1.29 bits per heavy atom. The highest BCUT2D eigenvalue weighted by atomic mass is 16.4. The molecule has 4 aromatic rings. The summed E-state index contributed by atoms with van der Waals surface area (Å²) in [5.74, 6) is -1.67. The van der Waals surface area contributed by atoms with Gasteiger partial charge in [0.25, 0.3) is 5.91 Å². The number of hydrogen-bond donors (Lipinski definition) is 2. The minimum Gasteiger partial charge on any atom is -0.481 e. The van der Waals surface area contributed by atoms with Crippen LogP contribution in [0.2, 0.25) is 0 Å². The molecule has 1 fully saturated rings. The summed E-state index contributed by atoms with van der Waals surface area (Å²) in [5.41, 5.74) is 9.05. The molecule has 0 radical (unpaired) electrons. The van der Waals surface area contributed by atoms with Gasteiger partial charge in [-0.05, 0) is 108 Å². The average Bonchev–Trinajstić information content (AvgIpc) is 3.80. The van der Waals surface area contributed by atoms with Crippen LogP contribution in [0.15, 0.2) is 109 Å². The summed E-state index contributed by atoms with van der Waals surface area (Å²) in [6.07, 6.45) is 11.0. The summed E-state index contributed by atoms with van der Waals surface area (Å²) in [5, 5.41) is 28.2. The Kier molecular flexibility index (Phi) is 13.3. The highest BCUT2D eigenvalue weighted by molar-refractivity contribution is 6.02. The van der Waals surface area contributed by atoms with Gasteiger partial charge in [-0.1, -0.05) is 98.1 Å². The van der Waals surface area contributed by atoms with Gasteiger partial charge in [0, 0.05) is 49.3 Å². The monoisotopic (exact) mass is 735 g/mol. The fraction of sp³-hybridized carbons (Fsp3) is 0.319. The van der Waals surface area contributed by atoms with E-state index in [-0.39, 0.29) is 24.3 Å². The molecule has 6 rings (SSSR count). The number of nitriles is 1. The Bertz CT molecular complexity index is 1980. The van der Waals surface area contributed by atoms with Gasteiger partial charge in [0.05, 0.1) is 0 Å². The van der Waals surface area contributed by atoms with Crippen LogP contribution in [0.25, 0.3) is 17.7 Å². The van der Waals surface area contributed by atoms with E-state index in [0.717, 1.165) is 36.1 Å². The Balaban J connectivity index is 1.21. The number of hydrogen-bond acceptors (Lipinski definition) is 5. The molecule has 2 unspecified atom stereocenters. The lowest BCUT2D eigenvalue weighted by Gasteiger charge is -2.27. The largest absolute Gasteiger partial charge is 0.481 e. The van der Waals surface area contributed by atoms with Gasteiger partial charge in [0.2, 0.25) is 0 Å². The molecule has 1 heterocycles. The number of carboxylic acids is 2. The van der Waals surface area contributed by atoms with Gasteiger partial charge >= 0.3 is 11.9 Å². The second kappa shape index (κ2) is 18.9. The van der Waals surface area contributed by atoms with Crippen LogP contribution in [0, 0.1) is 11.3 Å². The summed E-state index contributed by atoms with van der Waals surface area (Å²) >= 11 is 0. The van der Waals surface area contributed by atoms with E-state index in [0.29, 0.717) is 63.6 Å². The van der Waals surface area contributed by atoms with Crippen molar-refractivity contribution in [2.24, 2.45) is 0 Å². The quantitative estimate of drug-likeness (QED) is 0.0451. The summed E-state index contributed by atoms with van der Waals surface area (Å²) in [4.78, 5) is 39.8. The maximum atomic E-state index is 13.8. The first-order valence-corrected chi connectivity index (χ1v) is 19.5. The summed E-state index contributed by atoms with van der Waals surface area (Å²) in [6.45, 7) is 0.821. The average molecular weight is 736 g/mol. The van der Waals surface area contributed by atoms with Crippen molar-refractivity contribution in [2.75, 3.05) is 18.0 Å². The lowest BCUT2D eigenvalue weighted by molar-refractivity contribution is -0.138. The number of carbonyl (C=O) groups excluding carboxylic acids is 1. The van der Waals surface area contributed by atoms with Crippen molar-refractivity contribution in [2.45, 2.75) is 82.6 Å². The van der Waals surface area contributed by atoms with E-state index < -0.39 is 11.9 Å². The van der Waals surface area contributed by atoms with Gasteiger partial charge in [-0.15, -0.1) is 0 Å². The second-order valence-corrected chi connectivity index (χ2v) is 14.5. The van der Waals surface area contributed by atoms with E-state index >= 15 is 0 Å². The number of amides is 1. The molecule has 2 N–H and O–H groups in total. The van der Waals surface area contributed by atoms with Crippen LogP contribution < -0.4 is 4.90 Å². The molecular formula is C47H49N3O5. The Hall–Kier alpha value is -5.94. The fourth-order valence-electron chi connectivity index (χ4n) is 8.07. The first-order chi connectivity index (χ1) is 26.8. The van der Waals surface area contributed by atoms with Gasteiger partial charge in [0.15, 0.2) is 0 Å². The van der Waals surface area contributed by atoms with E-state index in [1.807, 2.05) is 18.2 Å². The zero-order valence-electron chi connectivity index (χ0n) is 31.3. The molecule has 282 valence electrons. The third kappa shape index (κ3) is 9.98. The van der Waals surface area contributed by atoms with Gasteiger partial charge in [-0.25, -0.2) is 0 Å². The van der Waals surface area contributed by atoms with Gasteiger partial charge in [-0.3, -0.25) is 14.4 Å². The number of anilines is 2. The van der Waals surface area contributed by atoms with Crippen molar-refractivity contribution in [3.8, 4) is 6.07 Å². The van der Waals surface area contributed by atoms with Crippen molar-refractivity contribution in [3.63, 3.8) is 0 Å².